The van der Waals surface area contributed by atoms with Gasteiger partial charge in [0, 0.05) is 26.2 Å². The topological polar surface area (TPSA) is 35.6 Å². The van der Waals surface area contributed by atoms with Crippen molar-refractivity contribution in [3.63, 3.8) is 0 Å². The lowest BCUT2D eigenvalue weighted by Gasteiger charge is -2.44. The lowest BCUT2D eigenvalue weighted by atomic mass is 9.94. The number of piperidine rings is 1. The molecular weight excluding hydrogens is 274 g/mol. The molecule has 0 unspecified atom stereocenters. The molecule has 4 rings (SSSR count). The van der Waals surface area contributed by atoms with Crippen molar-refractivity contribution in [3.05, 3.63) is 23.8 Å². The quantitative estimate of drug-likeness (QED) is 0.861. The van der Waals surface area contributed by atoms with E-state index in [-0.39, 0.29) is 11.6 Å². The summed E-state index contributed by atoms with van der Waals surface area (Å²) in [5.41, 5.74) is 1.30. The second kappa shape index (κ2) is 5.82. The van der Waals surface area contributed by atoms with Crippen molar-refractivity contribution < 1.29 is 4.79 Å². The molecule has 1 saturated carbocycles. The van der Waals surface area contributed by atoms with Gasteiger partial charge in [-0.05, 0) is 50.0 Å². The molecule has 0 atom stereocenters. The van der Waals surface area contributed by atoms with Crippen LogP contribution in [0, 0.1) is 5.92 Å². The molecule has 0 aromatic heterocycles. The number of allylic oxidation sites excluding steroid dienone is 2. The van der Waals surface area contributed by atoms with Crippen molar-refractivity contribution >= 4 is 5.91 Å². The average molecular weight is 301 g/mol. The van der Waals surface area contributed by atoms with Crippen LogP contribution in [0.5, 0.6) is 0 Å². The summed E-state index contributed by atoms with van der Waals surface area (Å²) in [7, 11) is 0. The zero-order chi connectivity index (χ0) is 15.0. The van der Waals surface area contributed by atoms with Crippen LogP contribution in [0.2, 0.25) is 0 Å². The first-order valence-corrected chi connectivity index (χ1v) is 8.88. The molecule has 1 amide bonds. The van der Waals surface area contributed by atoms with E-state index >= 15 is 0 Å². The number of hydrogen-bond acceptors (Lipinski definition) is 3. The van der Waals surface area contributed by atoms with Crippen LogP contribution in [0.4, 0.5) is 0 Å². The van der Waals surface area contributed by atoms with Crippen molar-refractivity contribution in [2.75, 3.05) is 32.7 Å². The van der Waals surface area contributed by atoms with Gasteiger partial charge in [0.25, 0.3) is 0 Å². The van der Waals surface area contributed by atoms with E-state index in [0.29, 0.717) is 6.54 Å². The highest BCUT2D eigenvalue weighted by molar-refractivity contribution is 5.81. The summed E-state index contributed by atoms with van der Waals surface area (Å²) in [4.78, 5) is 17.0. The fourth-order valence-corrected chi connectivity index (χ4v) is 4.13. The molecule has 2 aliphatic heterocycles. The number of hydrogen-bond donors (Lipinski definition) is 1. The molecule has 4 heteroatoms. The van der Waals surface area contributed by atoms with Gasteiger partial charge < -0.3 is 10.2 Å². The van der Waals surface area contributed by atoms with E-state index in [1.54, 1.807) is 0 Å². The Balaban J connectivity index is 1.41. The maximum Gasteiger partial charge on any atom is 0.235 e. The van der Waals surface area contributed by atoms with Gasteiger partial charge in [0.2, 0.25) is 5.91 Å². The monoisotopic (exact) mass is 301 g/mol. The van der Waals surface area contributed by atoms with E-state index in [0.717, 1.165) is 51.2 Å². The number of nitrogens with zero attached hydrogens (tertiary/aromatic N) is 2. The summed E-state index contributed by atoms with van der Waals surface area (Å²) in [5, 5.41) is 3.31. The van der Waals surface area contributed by atoms with E-state index in [2.05, 4.69) is 33.3 Å². The van der Waals surface area contributed by atoms with Crippen LogP contribution in [-0.4, -0.2) is 54.1 Å². The number of rotatable bonds is 4. The van der Waals surface area contributed by atoms with Crippen molar-refractivity contribution in [2.24, 2.45) is 5.92 Å². The molecule has 0 aromatic carbocycles. The minimum atomic E-state index is -0.0801. The van der Waals surface area contributed by atoms with Gasteiger partial charge in [0.05, 0.1) is 12.2 Å². The lowest BCUT2D eigenvalue weighted by Crippen LogP contribution is -2.58. The first-order chi connectivity index (χ1) is 10.7. The smallest absolute Gasteiger partial charge is 0.235 e. The summed E-state index contributed by atoms with van der Waals surface area (Å²) in [6.07, 6.45) is 14.1. The van der Waals surface area contributed by atoms with Gasteiger partial charge in [-0.1, -0.05) is 18.2 Å². The Morgan fingerprint density at radius 2 is 2.05 bits per heavy atom. The highest BCUT2D eigenvalue weighted by atomic mass is 16.2. The molecule has 4 aliphatic rings. The number of carbonyl (C=O) groups is 1. The van der Waals surface area contributed by atoms with Crippen LogP contribution >= 0.6 is 0 Å². The Morgan fingerprint density at radius 1 is 1.23 bits per heavy atom. The van der Waals surface area contributed by atoms with Gasteiger partial charge in [-0.3, -0.25) is 9.69 Å². The fraction of sp³-hybridized carbons (Fsp3) is 0.722. The highest BCUT2D eigenvalue weighted by Gasteiger charge is 2.46. The van der Waals surface area contributed by atoms with Crippen LogP contribution in [0.3, 0.4) is 0 Å². The van der Waals surface area contributed by atoms with E-state index in [4.69, 9.17) is 0 Å². The van der Waals surface area contributed by atoms with Crippen LogP contribution in [0.1, 0.15) is 38.5 Å². The zero-order valence-electron chi connectivity index (χ0n) is 13.4. The molecule has 0 aromatic rings. The highest BCUT2D eigenvalue weighted by Crippen LogP contribution is 2.34. The molecule has 22 heavy (non-hydrogen) atoms. The molecule has 4 nitrogen and oxygen atoms in total. The van der Waals surface area contributed by atoms with Crippen LogP contribution in [0.25, 0.3) is 0 Å². The van der Waals surface area contributed by atoms with Gasteiger partial charge in [0.15, 0.2) is 0 Å². The summed E-state index contributed by atoms with van der Waals surface area (Å²) in [6, 6.07) is 0. The third-order valence-corrected chi connectivity index (χ3v) is 5.65. The van der Waals surface area contributed by atoms with Crippen molar-refractivity contribution in [3.8, 4) is 0 Å². The Labute approximate surface area is 133 Å². The molecule has 1 spiro atoms. The SMILES string of the molecule is O=C1CN(CC2=CCCC=C2)C2(CCN(CC3CC3)CC2)N1. The Morgan fingerprint density at radius 3 is 2.73 bits per heavy atom. The third kappa shape index (κ3) is 2.99. The zero-order valence-corrected chi connectivity index (χ0v) is 13.4. The van der Waals surface area contributed by atoms with E-state index in [1.165, 1.54) is 25.0 Å². The molecule has 0 bridgehead atoms. The first kappa shape index (κ1) is 14.5. The van der Waals surface area contributed by atoms with Gasteiger partial charge in [-0.15, -0.1) is 0 Å². The summed E-state index contributed by atoms with van der Waals surface area (Å²) in [6.45, 7) is 5.01. The molecule has 0 radical (unpaired) electrons. The molecule has 2 saturated heterocycles. The second-order valence-electron chi connectivity index (χ2n) is 7.44. The minimum absolute atomic E-state index is 0.0801. The van der Waals surface area contributed by atoms with Crippen molar-refractivity contribution in [2.45, 2.75) is 44.2 Å². The fourth-order valence-electron chi connectivity index (χ4n) is 4.13. The summed E-state index contributed by atoms with van der Waals surface area (Å²) < 4.78 is 0. The standard InChI is InChI=1S/C18H27N3O/c22-17-14-21(13-15-4-2-1-3-5-15)18(19-17)8-10-20(11-9-18)12-16-6-7-16/h2,4-5,16H,1,3,6-14H2,(H,19,22). The largest absolute Gasteiger partial charge is 0.337 e. The van der Waals surface area contributed by atoms with Gasteiger partial charge in [-0.2, -0.15) is 0 Å². The maximum absolute atomic E-state index is 12.0. The van der Waals surface area contributed by atoms with Crippen LogP contribution in [-0.2, 0) is 4.79 Å². The predicted octanol–water partition coefficient (Wildman–Crippen LogP) is 1.90. The summed E-state index contributed by atoms with van der Waals surface area (Å²) in [5.74, 6) is 1.16. The number of amides is 1. The van der Waals surface area contributed by atoms with Gasteiger partial charge in [0.1, 0.15) is 0 Å². The average Bonchev–Trinajstić information content (AvgIpc) is 3.29. The maximum atomic E-state index is 12.0. The number of likely N-dealkylation sites (tertiary alicyclic amines) is 1. The lowest BCUT2D eigenvalue weighted by molar-refractivity contribution is -0.119. The van der Waals surface area contributed by atoms with Crippen LogP contribution in [0.15, 0.2) is 23.8 Å². The van der Waals surface area contributed by atoms with Crippen LogP contribution < -0.4 is 5.32 Å². The van der Waals surface area contributed by atoms with Gasteiger partial charge in [-0.25, -0.2) is 0 Å². The molecule has 1 N–H and O–H groups in total. The first-order valence-electron chi connectivity index (χ1n) is 8.88. The molecule has 2 aliphatic carbocycles. The van der Waals surface area contributed by atoms with Crippen molar-refractivity contribution in [1.82, 2.24) is 15.1 Å². The Hall–Kier alpha value is -1.13. The second-order valence-corrected chi connectivity index (χ2v) is 7.44. The minimum Gasteiger partial charge on any atom is -0.337 e. The Kier molecular flexibility index (Phi) is 3.82. The van der Waals surface area contributed by atoms with Gasteiger partial charge >= 0.3 is 0 Å². The number of carbonyl (C=O) groups excluding carboxylic acids is 1. The predicted molar refractivity (Wildman–Crippen MR) is 87.3 cm³/mol. The van der Waals surface area contributed by atoms with E-state index < -0.39 is 0 Å². The van der Waals surface area contributed by atoms with E-state index in [1.807, 2.05) is 0 Å². The molecule has 2 heterocycles. The normalized spacial score (nSPS) is 28.9. The number of nitrogens with one attached hydrogen (secondary N) is 1. The third-order valence-electron chi connectivity index (χ3n) is 5.65. The molecular formula is C18H27N3O. The Bertz CT molecular complexity index is 498. The molecule has 3 fully saturated rings. The molecule has 120 valence electrons. The summed E-state index contributed by atoms with van der Waals surface area (Å²) >= 11 is 0. The van der Waals surface area contributed by atoms with E-state index in [9.17, 15) is 4.79 Å². The van der Waals surface area contributed by atoms with Crippen molar-refractivity contribution in [1.29, 1.82) is 0 Å².